The maximum absolute atomic E-state index is 11.7. The average Bonchev–Trinajstić information content (AvgIpc) is 3.25. The maximum atomic E-state index is 11.7. The molecule has 0 bridgehead atoms. The Morgan fingerprint density at radius 3 is 2.90 bits per heavy atom. The fourth-order valence-corrected chi connectivity index (χ4v) is 2.13. The van der Waals surface area contributed by atoms with E-state index in [9.17, 15) is 9.90 Å². The summed E-state index contributed by atoms with van der Waals surface area (Å²) >= 11 is 0. The molecular formula is C15H16N2O3. The first-order valence-electron chi connectivity index (χ1n) is 6.75. The van der Waals surface area contributed by atoms with Gasteiger partial charge in [-0.25, -0.2) is 4.98 Å². The first-order chi connectivity index (χ1) is 9.67. The fourth-order valence-electron chi connectivity index (χ4n) is 2.13. The first-order valence-corrected chi connectivity index (χ1v) is 6.75. The van der Waals surface area contributed by atoms with Gasteiger partial charge in [-0.1, -0.05) is 0 Å². The van der Waals surface area contributed by atoms with Gasteiger partial charge < -0.3 is 14.8 Å². The minimum atomic E-state index is -0.150. The predicted octanol–water partition coefficient (Wildman–Crippen LogP) is 2.42. The number of nitrogens with one attached hydrogen (secondary N) is 1. The van der Waals surface area contributed by atoms with Gasteiger partial charge in [0.05, 0.1) is 12.3 Å². The van der Waals surface area contributed by atoms with E-state index in [0.29, 0.717) is 24.1 Å². The van der Waals surface area contributed by atoms with Crippen LogP contribution in [0.15, 0.2) is 29.1 Å². The number of aromatic amines is 1. The Bertz CT molecular complexity index is 690. The summed E-state index contributed by atoms with van der Waals surface area (Å²) in [6, 6.07) is 6.51. The molecule has 0 amide bonds. The lowest BCUT2D eigenvalue weighted by Crippen LogP contribution is -2.10. The van der Waals surface area contributed by atoms with Gasteiger partial charge in [0.1, 0.15) is 5.82 Å². The molecule has 1 fully saturated rings. The van der Waals surface area contributed by atoms with Gasteiger partial charge in [-0.2, -0.15) is 0 Å². The van der Waals surface area contributed by atoms with Gasteiger partial charge in [0.2, 0.25) is 0 Å². The summed E-state index contributed by atoms with van der Waals surface area (Å²) in [5.41, 5.74) is 1.42. The topological polar surface area (TPSA) is 75.2 Å². The summed E-state index contributed by atoms with van der Waals surface area (Å²) in [7, 11) is 0. The molecule has 5 heteroatoms. The van der Waals surface area contributed by atoms with Gasteiger partial charge in [0.15, 0.2) is 11.5 Å². The van der Waals surface area contributed by atoms with Crippen molar-refractivity contribution in [3.05, 3.63) is 40.3 Å². The van der Waals surface area contributed by atoms with Crippen LogP contribution >= 0.6 is 0 Å². The zero-order chi connectivity index (χ0) is 14.1. The molecule has 0 radical (unpaired) electrons. The third-order valence-electron chi connectivity index (χ3n) is 3.29. The molecule has 2 aromatic rings. The SMILES string of the molecule is CCOc1cc(-c2nc(C3CC3)cc(=O)[nH]2)ccc1O. The van der Waals surface area contributed by atoms with Crippen LogP contribution in [0.2, 0.25) is 0 Å². The van der Waals surface area contributed by atoms with Gasteiger partial charge in [0.25, 0.3) is 5.56 Å². The maximum Gasteiger partial charge on any atom is 0.251 e. The third-order valence-corrected chi connectivity index (χ3v) is 3.29. The van der Waals surface area contributed by atoms with Crippen LogP contribution in [0.5, 0.6) is 11.5 Å². The van der Waals surface area contributed by atoms with Gasteiger partial charge in [0, 0.05) is 17.5 Å². The lowest BCUT2D eigenvalue weighted by molar-refractivity contribution is 0.318. The minimum Gasteiger partial charge on any atom is -0.504 e. The molecular weight excluding hydrogens is 256 g/mol. The molecule has 0 unspecified atom stereocenters. The summed E-state index contributed by atoms with van der Waals surface area (Å²) in [6.07, 6.45) is 2.19. The van der Waals surface area contributed by atoms with Crippen molar-refractivity contribution >= 4 is 0 Å². The number of phenols is 1. The van der Waals surface area contributed by atoms with Crippen molar-refractivity contribution in [2.24, 2.45) is 0 Å². The Morgan fingerprint density at radius 1 is 1.40 bits per heavy atom. The molecule has 5 nitrogen and oxygen atoms in total. The number of aromatic nitrogens is 2. The van der Waals surface area contributed by atoms with Crippen molar-refractivity contribution in [2.75, 3.05) is 6.61 Å². The highest BCUT2D eigenvalue weighted by molar-refractivity contribution is 5.60. The molecule has 0 atom stereocenters. The van der Waals surface area contributed by atoms with Crippen LogP contribution in [0.1, 0.15) is 31.4 Å². The second kappa shape index (κ2) is 5.00. The molecule has 0 saturated heterocycles. The highest BCUT2D eigenvalue weighted by Crippen LogP contribution is 2.39. The van der Waals surface area contributed by atoms with E-state index in [-0.39, 0.29) is 11.3 Å². The lowest BCUT2D eigenvalue weighted by atomic mass is 10.1. The summed E-state index contributed by atoms with van der Waals surface area (Å²) < 4.78 is 5.35. The number of phenolic OH excluding ortho intramolecular Hbond substituents is 1. The highest BCUT2D eigenvalue weighted by atomic mass is 16.5. The molecule has 1 aromatic heterocycles. The molecule has 2 N–H and O–H groups in total. The van der Waals surface area contributed by atoms with Crippen LogP contribution < -0.4 is 10.3 Å². The van der Waals surface area contributed by atoms with Crippen molar-refractivity contribution in [3.63, 3.8) is 0 Å². The van der Waals surface area contributed by atoms with Crippen molar-refractivity contribution < 1.29 is 9.84 Å². The number of nitrogens with zero attached hydrogens (tertiary/aromatic N) is 1. The van der Waals surface area contributed by atoms with Crippen molar-refractivity contribution in [3.8, 4) is 22.9 Å². The van der Waals surface area contributed by atoms with E-state index in [1.807, 2.05) is 6.92 Å². The average molecular weight is 272 g/mol. The number of H-pyrrole nitrogens is 1. The zero-order valence-corrected chi connectivity index (χ0v) is 11.2. The molecule has 1 aliphatic rings. The largest absolute Gasteiger partial charge is 0.504 e. The van der Waals surface area contributed by atoms with E-state index in [1.54, 1.807) is 24.3 Å². The summed E-state index contributed by atoms with van der Waals surface area (Å²) in [4.78, 5) is 19.0. The second-order valence-electron chi connectivity index (χ2n) is 4.91. The monoisotopic (exact) mass is 272 g/mol. The lowest BCUT2D eigenvalue weighted by Gasteiger charge is -2.08. The van der Waals surface area contributed by atoms with E-state index in [0.717, 1.165) is 24.1 Å². The Labute approximate surface area is 116 Å². The highest BCUT2D eigenvalue weighted by Gasteiger charge is 2.26. The molecule has 1 aromatic carbocycles. The Hall–Kier alpha value is -2.30. The number of hydrogen-bond acceptors (Lipinski definition) is 4. The number of benzene rings is 1. The summed E-state index contributed by atoms with van der Waals surface area (Å²) in [5.74, 6) is 1.40. The Balaban J connectivity index is 2.03. The predicted molar refractivity (Wildman–Crippen MR) is 75.1 cm³/mol. The van der Waals surface area contributed by atoms with E-state index >= 15 is 0 Å². The van der Waals surface area contributed by atoms with Crippen LogP contribution in [-0.4, -0.2) is 21.7 Å². The first kappa shape index (κ1) is 12.7. The molecule has 0 spiro atoms. The van der Waals surface area contributed by atoms with E-state index in [2.05, 4.69) is 9.97 Å². The van der Waals surface area contributed by atoms with Gasteiger partial charge >= 0.3 is 0 Å². The van der Waals surface area contributed by atoms with Gasteiger partial charge in [-0.15, -0.1) is 0 Å². The summed E-state index contributed by atoms with van der Waals surface area (Å²) in [6.45, 7) is 2.31. The van der Waals surface area contributed by atoms with E-state index in [4.69, 9.17) is 4.74 Å². The van der Waals surface area contributed by atoms with Crippen LogP contribution in [-0.2, 0) is 0 Å². The van der Waals surface area contributed by atoms with E-state index < -0.39 is 0 Å². The summed E-state index contributed by atoms with van der Waals surface area (Å²) in [5, 5.41) is 9.70. The normalized spacial score (nSPS) is 14.2. The smallest absolute Gasteiger partial charge is 0.251 e. The Morgan fingerprint density at radius 2 is 2.20 bits per heavy atom. The molecule has 104 valence electrons. The number of ether oxygens (including phenoxy) is 1. The second-order valence-corrected chi connectivity index (χ2v) is 4.91. The van der Waals surface area contributed by atoms with Crippen LogP contribution in [0.25, 0.3) is 11.4 Å². The number of aromatic hydroxyl groups is 1. The Kier molecular flexibility index (Phi) is 3.18. The van der Waals surface area contributed by atoms with Gasteiger partial charge in [-0.3, -0.25) is 4.79 Å². The molecule has 3 rings (SSSR count). The number of rotatable bonds is 4. The van der Waals surface area contributed by atoms with Crippen LogP contribution in [0.4, 0.5) is 0 Å². The zero-order valence-electron chi connectivity index (χ0n) is 11.2. The third kappa shape index (κ3) is 2.52. The van der Waals surface area contributed by atoms with Gasteiger partial charge in [-0.05, 0) is 38.0 Å². The van der Waals surface area contributed by atoms with Crippen molar-refractivity contribution in [1.29, 1.82) is 0 Å². The molecule has 0 aliphatic heterocycles. The van der Waals surface area contributed by atoms with Crippen LogP contribution in [0.3, 0.4) is 0 Å². The molecule has 20 heavy (non-hydrogen) atoms. The minimum absolute atomic E-state index is 0.0799. The molecule has 1 aliphatic carbocycles. The molecule has 1 heterocycles. The quantitative estimate of drug-likeness (QED) is 0.896. The fraction of sp³-hybridized carbons (Fsp3) is 0.333. The van der Waals surface area contributed by atoms with Crippen molar-refractivity contribution in [1.82, 2.24) is 9.97 Å². The molecule has 1 saturated carbocycles. The van der Waals surface area contributed by atoms with E-state index in [1.165, 1.54) is 0 Å². The number of hydrogen-bond donors (Lipinski definition) is 2. The standard InChI is InChI=1S/C15H16N2O3/c1-2-20-13-7-10(5-6-12(13)18)15-16-11(9-3-4-9)8-14(19)17-15/h5-9,18H,2-4H2,1H3,(H,16,17,19). The van der Waals surface area contributed by atoms with Crippen LogP contribution in [0, 0.1) is 0 Å². The van der Waals surface area contributed by atoms with Crippen molar-refractivity contribution in [2.45, 2.75) is 25.7 Å².